The maximum absolute atomic E-state index is 13.0. The van der Waals surface area contributed by atoms with Crippen LogP contribution in [0.15, 0.2) is 53.4 Å². The van der Waals surface area contributed by atoms with Crippen LogP contribution >= 0.6 is 11.8 Å². The first-order chi connectivity index (χ1) is 13.8. The number of amides is 2. The lowest BCUT2D eigenvalue weighted by molar-refractivity contribution is -0.140. The van der Waals surface area contributed by atoms with Crippen molar-refractivity contribution in [1.82, 2.24) is 10.2 Å². The molecule has 2 aromatic carbocycles. The van der Waals surface area contributed by atoms with Gasteiger partial charge >= 0.3 is 0 Å². The number of benzene rings is 2. The Balaban J connectivity index is 2.06. The van der Waals surface area contributed by atoms with Gasteiger partial charge in [-0.2, -0.15) is 0 Å². The second kappa shape index (κ2) is 11.1. The van der Waals surface area contributed by atoms with Gasteiger partial charge in [-0.15, -0.1) is 11.8 Å². The minimum Gasteiger partial charge on any atom is -0.352 e. The molecule has 0 saturated carbocycles. The molecular weight excluding hydrogens is 380 g/mol. The van der Waals surface area contributed by atoms with Gasteiger partial charge in [0.05, 0.1) is 0 Å². The SMILES string of the molecule is Cc1ccc(SCCC(=O)N(Cc2cccc(C)c2)[C@@H](C)C(=O)NC(C)C)cc1. The third-order valence-electron chi connectivity index (χ3n) is 4.64. The maximum atomic E-state index is 13.0. The van der Waals surface area contributed by atoms with Crippen molar-refractivity contribution in [2.24, 2.45) is 0 Å². The molecule has 2 aromatic rings. The van der Waals surface area contributed by atoms with E-state index in [-0.39, 0.29) is 17.9 Å². The summed E-state index contributed by atoms with van der Waals surface area (Å²) in [6.45, 7) is 10.2. The van der Waals surface area contributed by atoms with Gasteiger partial charge in [0.15, 0.2) is 0 Å². The molecule has 0 heterocycles. The molecule has 1 N–H and O–H groups in total. The van der Waals surface area contributed by atoms with Gasteiger partial charge in [0.25, 0.3) is 0 Å². The van der Waals surface area contributed by atoms with Crippen LogP contribution in [0.1, 0.15) is 43.9 Å². The largest absolute Gasteiger partial charge is 0.352 e. The first-order valence-electron chi connectivity index (χ1n) is 10.1. The van der Waals surface area contributed by atoms with Gasteiger partial charge in [-0.1, -0.05) is 47.5 Å². The van der Waals surface area contributed by atoms with Gasteiger partial charge in [-0.05, 0) is 52.3 Å². The Hall–Kier alpha value is -2.27. The van der Waals surface area contributed by atoms with E-state index in [4.69, 9.17) is 0 Å². The third-order valence-corrected chi connectivity index (χ3v) is 5.65. The second-order valence-electron chi connectivity index (χ2n) is 7.76. The molecule has 0 spiro atoms. The zero-order valence-electron chi connectivity index (χ0n) is 18.1. The molecule has 0 aliphatic heterocycles. The lowest BCUT2D eigenvalue weighted by Gasteiger charge is -2.29. The van der Waals surface area contributed by atoms with Crippen LogP contribution in [-0.2, 0) is 16.1 Å². The number of rotatable bonds is 9. The van der Waals surface area contributed by atoms with Gasteiger partial charge < -0.3 is 10.2 Å². The fraction of sp³-hybridized carbons (Fsp3) is 0.417. The number of hydrogen-bond acceptors (Lipinski definition) is 3. The van der Waals surface area contributed by atoms with E-state index in [9.17, 15) is 9.59 Å². The second-order valence-corrected chi connectivity index (χ2v) is 8.93. The Labute approximate surface area is 179 Å². The molecule has 4 nitrogen and oxygen atoms in total. The summed E-state index contributed by atoms with van der Waals surface area (Å²) in [4.78, 5) is 28.5. The normalized spacial score (nSPS) is 11.9. The van der Waals surface area contributed by atoms with Gasteiger partial charge in [-0.25, -0.2) is 0 Å². The first-order valence-corrected chi connectivity index (χ1v) is 11.1. The molecule has 2 rings (SSSR count). The Kier molecular flexibility index (Phi) is 8.77. The molecule has 0 aliphatic rings. The van der Waals surface area contributed by atoms with Gasteiger partial charge in [0.2, 0.25) is 11.8 Å². The monoisotopic (exact) mass is 412 g/mol. The van der Waals surface area contributed by atoms with E-state index in [1.54, 1.807) is 23.6 Å². The van der Waals surface area contributed by atoms with Crippen molar-refractivity contribution >= 4 is 23.6 Å². The molecule has 0 bridgehead atoms. The zero-order chi connectivity index (χ0) is 21.4. The average molecular weight is 413 g/mol. The highest BCUT2D eigenvalue weighted by Gasteiger charge is 2.26. The first kappa shape index (κ1) is 23.0. The van der Waals surface area contributed by atoms with E-state index in [0.717, 1.165) is 16.0 Å². The molecule has 29 heavy (non-hydrogen) atoms. The number of nitrogens with one attached hydrogen (secondary N) is 1. The Bertz CT molecular complexity index is 818. The molecule has 0 radical (unpaired) electrons. The number of carbonyl (C=O) groups excluding carboxylic acids is 2. The van der Waals surface area contributed by atoms with Crippen LogP contribution in [-0.4, -0.2) is 34.6 Å². The van der Waals surface area contributed by atoms with E-state index in [0.29, 0.717) is 18.7 Å². The summed E-state index contributed by atoms with van der Waals surface area (Å²) in [5.41, 5.74) is 3.40. The smallest absolute Gasteiger partial charge is 0.242 e. The summed E-state index contributed by atoms with van der Waals surface area (Å²) in [5, 5.41) is 2.92. The van der Waals surface area contributed by atoms with Crippen molar-refractivity contribution in [3.05, 3.63) is 65.2 Å². The number of nitrogens with zero attached hydrogens (tertiary/aromatic N) is 1. The number of carbonyl (C=O) groups is 2. The van der Waals surface area contributed by atoms with Crippen LogP contribution in [0.3, 0.4) is 0 Å². The summed E-state index contributed by atoms with van der Waals surface area (Å²) < 4.78 is 0. The molecule has 0 unspecified atom stereocenters. The minimum atomic E-state index is -0.519. The van der Waals surface area contributed by atoms with Gasteiger partial charge in [0, 0.05) is 29.7 Å². The van der Waals surface area contributed by atoms with E-state index in [1.807, 2.05) is 39.0 Å². The van der Waals surface area contributed by atoms with Gasteiger partial charge in [-0.3, -0.25) is 9.59 Å². The van der Waals surface area contributed by atoms with Crippen molar-refractivity contribution in [2.45, 2.75) is 64.6 Å². The lowest BCUT2D eigenvalue weighted by Crippen LogP contribution is -2.49. The number of aryl methyl sites for hydroxylation is 2. The predicted molar refractivity (Wildman–Crippen MR) is 121 cm³/mol. The van der Waals surface area contributed by atoms with E-state index >= 15 is 0 Å². The molecule has 0 aliphatic carbocycles. The van der Waals surface area contributed by atoms with Crippen LogP contribution in [0.5, 0.6) is 0 Å². The van der Waals surface area contributed by atoms with Crippen molar-refractivity contribution in [3.63, 3.8) is 0 Å². The fourth-order valence-corrected chi connectivity index (χ4v) is 3.87. The summed E-state index contributed by atoms with van der Waals surface area (Å²) >= 11 is 1.67. The minimum absolute atomic E-state index is 0.00229. The molecule has 0 saturated heterocycles. The van der Waals surface area contributed by atoms with Crippen LogP contribution < -0.4 is 5.32 Å². The van der Waals surface area contributed by atoms with Crippen LogP contribution in [0, 0.1) is 13.8 Å². The average Bonchev–Trinajstić information content (AvgIpc) is 2.66. The number of thioether (sulfide) groups is 1. The standard InChI is InChI=1S/C24H32N2O2S/c1-17(2)25-24(28)20(5)26(16-21-8-6-7-19(4)15-21)23(27)13-14-29-22-11-9-18(3)10-12-22/h6-12,15,17,20H,13-14,16H2,1-5H3,(H,25,28)/t20-/m0/s1. The highest BCUT2D eigenvalue weighted by Crippen LogP contribution is 2.20. The maximum Gasteiger partial charge on any atom is 0.242 e. The third kappa shape index (κ3) is 7.58. The molecule has 1 atom stereocenters. The highest BCUT2D eigenvalue weighted by molar-refractivity contribution is 7.99. The summed E-state index contributed by atoms with van der Waals surface area (Å²) in [6.07, 6.45) is 0.393. The quantitative estimate of drug-likeness (QED) is 0.606. The predicted octanol–water partition coefficient (Wildman–Crippen LogP) is 4.73. The Morgan fingerprint density at radius 2 is 1.69 bits per heavy atom. The highest BCUT2D eigenvalue weighted by atomic mass is 32.2. The Morgan fingerprint density at radius 3 is 2.31 bits per heavy atom. The lowest BCUT2D eigenvalue weighted by atomic mass is 10.1. The van der Waals surface area contributed by atoms with Crippen LogP contribution in [0.25, 0.3) is 0 Å². The van der Waals surface area contributed by atoms with Crippen LogP contribution in [0.4, 0.5) is 0 Å². The van der Waals surface area contributed by atoms with E-state index < -0.39 is 6.04 Å². The topological polar surface area (TPSA) is 49.4 Å². The van der Waals surface area contributed by atoms with Crippen LogP contribution in [0.2, 0.25) is 0 Å². The summed E-state index contributed by atoms with van der Waals surface area (Å²) in [6, 6.07) is 15.9. The van der Waals surface area contributed by atoms with Crippen molar-refractivity contribution in [3.8, 4) is 0 Å². The Morgan fingerprint density at radius 1 is 1.00 bits per heavy atom. The molecule has 0 fully saturated rings. The fourth-order valence-electron chi connectivity index (χ4n) is 3.03. The molecule has 2 amide bonds. The van der Waals surface area contributed by atoms with E-state index in [2.05, 4.69) is 42.6 Å². The van der Waals surface area contributed by atoms with Crippen molar-refractivity contribution in [2.75, 3.05) is 5.75 Å². The molecule has 5 heteroatoms. The number of hydrogen-bond donors (Lipinski definition) is 1. The van der Waals surface area contributed by atoms with Gasteiger partial charge in [0.1, 0.15) is 6.04 Å². The zero-order valence-corrected chi connectivity index (χ0v) is 18.9. The molecule has 156 valence electrons. The molecule has 0 aromatic heterocycles. The van der Waals surface area contributed by atoms with E-state index in [1.165, 1.54) is 5.56 Å². The molecular formula is C24H32N2O2S. The summed E-state index contributed by atoms with van der Waals surface area (Å²) in [7, 11) is 0. The van der Waals surface area contributed by atoms with Crippen molar-refractivity contribution in [1.29, 1.82) is 0 Å². The summed E-state index contributed by atoms with van der Waals surface area (Å²) in [5.74, 6) is 0.565. The van der Waals surface area contributed by atoms with Crippen molar-refractivity contribution < 1.29 is 9.59 Å².